The van der Waals surface area contributed by atoms with Gasteiger partial charge in [0.1, 0.15) is 0 Å². The van der Waals surface area contributed by atoms with Crippen molar-refractivity contribution in [3.63, 3.8) is 0 Å². The lowest BCUT2D eigenvalue weighted by Gasteiger charge is -2.22. The van der Waals surface area contributed by atoms with Crippen LogP contribution in [0.1, 0.15) is 64.5 Å². The van der Waals surface area contributed by atoms with Crippen molar-refractivity contribution in [3.05, 3.63) is 96.1 Å². The molecule has 0 bridgehead atoms. The van der Waals surface area contributed by atoms with Gasteiger partial charge >= 0.3 is 11.9 Å². The Morgan fingerprint density at radius 3 is 2.02 bits per heavy atom. The monoisotopic (exact) mass is 586 g/mol. The number of aliphatic hydroxyl groups excluding tert-OH is 1. The summed E-state index contributed by atoms with van der Waals surface area (Å²) < 4.78 is 10.8. The van der Waals surface area contributed by atoms with Crippen molar-refractivity contribution in [2.24, 2.45) is 5.92 Å². The van der Waals surface area contributed by atoms with Gasteiger partial charge in [0, 0.05) is 5.92 Å². The Kier molecular flexibility index (Phi) is 12.3. The largest absolute Gasteiger partial charge is 0.462 e. The molecule has 230 valence electrons. The number of aryl methyl sites for hydroxylation is 2. The van der Waals surface area contributed by atoms with Gasteiger partial charge in [-0.05, 0) is 85.5 Å². The summed E-state index contributed by atoms with van der Waals surface area (Å²) in [4.78, 5) is 24.7. The quantitative estimate of drug-likeness (QED) is 0.105. The minimum Gasteiger partial charge on any atom is -0.462 e. The summed E-state index contributed by atoms with van der Waals surface area (Å²) in [5.74, 6) is -1.71. The Bertz CT molecular complexity index is 1410. The first-order chi connectivity index (χ1) is 20.4. The van der Waals surface area contributed by atoms with E-state index >= 15 is 0 Å². The van der Waals surface area contributed by atoms with Crippen molar-refractivity contribution in [1.29, 1.82) is 0 Å². The molecule has 3 rings (SSSR count). The second-order valence-corrected chi connectivity index (χ2v) is 11.9. The predicted octanol–water partition coefficient (Wildman–Crippen LogP) is 7.14. The van der Waals surface area contributed by atoms with Crippen molar-refractivity contribution in [3.8, 4) is 11.1 Å². The average Bonchev–Trinajstić information content (AvgIpc) is 2.99. The third kappa shape index (κ3) is 10.2. The van der Waals surface area contributed by atoms with E-state index in [1.165, 1.54) is 56.7 Å². The minimum absolute atomic E-state index is 0.0127. The number of hydrogen-bond donors (Lipinski definition) is 2. The number of hydrogen-bond acceptors (Lipinski definition) is 6. The fraction of sp³-hybridized carbons (Fsp3) is 0.405. The number of carbonyl (C=O) groups excluding carboxylic acids is 2. The van der Waals surface area contributed by atoms with E-state index in [0.29, 0.717) is 12.8 Å². The highest BCUT2D eigenvalue weighted by molar-refractivity contribution is 5.90. The SMILES string of the molecule is C=C(C(=O)OCC(CCc1ccc2cc(-c3ccc(CCCCC)cc3)ccc2c1)COC(=O)C(=C)C(C)(C)O)C(C)O. The smallest absolute Gasteiger partial charge is 0.336 e. The van der Waals surface area contributed by atoms with E-state index in [4.69, 9.17) is 9.47 Å². The zero-order valence-corrected chi connectivity index (χ0v) is 26.0. The molecule has 6 heteroatoms. The van der Waals surface area contributed by atoms with E-state index in [9.17, 15) is 19.8 Å². The van der Waals surface area contributed by atoms with Crippen molar-refractivity contribution in [1.82, 2.24) is 0 Å². The third-order valence-corrected chi connectivity index (χ3v) is 7.75. The van der Waals surface area contributed by atoms with Gasteiger partial charge in [-0.3, -0.25) is 0 Å². The molecule has 0 spiro atoms. The first kappa shape index (κ1) is 33.8. The predicted molar refractivity (Wildman–Crippen MR) is 173 cm³/mol. The Morgan fingerprint density at radius 1 is 0.814 bits per heavy atom. The van der Waals surface area contributed by atoms with Crippen LogP contribution < -0.4 is 0 Å². The lowest BCUT2D eigenvalue weighted by Crippen LogP contribution is -2.30. The fourth-order valence-electron chi connectivity index (χ4n) is 4.65. The van der Waals surface area contributed by atoms with Gasteiger partial charge in [-0.1, -0.05) is 87.5 Å². The zero-order valence-electron chi connectivity index (χ0n) is 26.0. The number of benzene rings is 3. The van der Waals surface area contributed by atoms with E-state index in [2.05, 4.69) is 80.7 Å². The molecule has 0 aliphatic rings. The standard InChI is InChI=1S/C37H46O6/c1-7-8-9-10-28-13-16-31(17-14-28)33-20-19-32-21-29(15-18-34(32)22-33)11-12-30(23-42-35(39)25(2)27(4)38)24-43-36(40)26(3)37(5,6)41/h13-22,27,30,38,41H,2-3,7-12,23-24H2,1,4-6H3. The molecule has 2 unspecified atom stereocenters. The van der Waals surface area contributed by atoms with Crippen molar-refractivity contribution < 1.29 is 29.3 Å². The summed E-state index contributed by atoms with van der Waals surface area (Å²) in [7, 11) is 0. The maximum atomic E-state index is 12.4. The van der Waals surface area contributed by atoms with Gasteiger partial charge in [0.15, 0.2) is 0 Å². The second kappa shape index (κ2) is 15.6. The van der Waals surface area contributed by atoms with E-state index < -0.39 is 23.6 Å². The molecule has 0 aliphatic heterocycles. The lowest BCUT2D eigenvalue weighted by atomic mass is 9.96. The van der Waals surface area contributed by atoms with Gasteiger partial charge in [0.25, 0.3) is 0 Å². The van der Waals surface area contributed by atoms with Crippen molar-refractivity contribution in [2.75, 3.05) is 13.2 Å². The number of fused-ring (bicyclic) bond motifs is 1. The summed E-state index contributed by atoms with van der Waals surface area (Å²) in [5, 5.41) is 22.0. The molecule has 0 aromatic heterocycles. The molecule has 0 heterocycles. The lowest BCUT2D eigenvalue weighted by molar-refractivity contribution is -0.145. The van der Waals surface area contributed by atoms with Crippen LogP contribution in [0.2, 0.25) is 0 Å². The van der Waals surface area contributed by atoms with Crippen LogP contribution in [0, 0.1) is 5.92 Å². The Balaban J connectivity index is 1.67. The number of carbonyl (C=O) groups is 2. The molecule has 0 aliphatic carbocycles. The number of esters is 2. The molecular formula is C37H46O6. The number of unbranched alkanes of at least 4 members (excludes halogenated alkanes) is 2. The molecular weight excluding hydrogens is 540 g/mol. The molecule has 2 N–H and O–H groups in total. The van der Waals surface area contributed by atoms with Gasteiger partial charge in [0.05, 0.1) is 36.1 Å². The summed E-state index contributed by atoms with van der Waals surface area (Å²) in [6.45, 7) is 13.8. The summed E-state index contributed by atoms with van der Waals surface area (Å²) in [6, 6.07) is 21.7. The van der Waals surface area contributed by atoms with Crippen LogP contribution in [-0.4, -0.2) is 47.1 Å². The highest BCUT2D eigenvalue weighted by Crippen LogP contribution is 2.27. The zero-order chi connectivity index (χ0) is 31.6. The van der Waals surface area contributed by atoms with Crippen LogP contribution in [0.4, 0.5) is 0 Å². The van der Waals surface area contributed by atoms with Crippen LogP contribution in [0.3, 0.4) is 0 Å². The first-order valence-electron chi connectivity index (χ1n) is 15.1. The first-order valence-corrected chi connectivity index (χ1v) is 15.1. The average molecular weight is 587 g/mol. The van der Waals surface area contributed by atoms with Gasteiger partial charge in [-0.2, -0.15) is 0 Å². The summed E-state index contributed by atoms with van der Waals surface area (Å²) in [5.41, 5.74) is 3.36. The maximum absolute atomic E-state index is 12.4. The Morgan fingerprint density at radius 2 is 1.40 bits per heavy atom. The molecule has 0 fully saturated rings. The molecule has 3 aromatic rings. The van der Waals surface area contributed by atoms with E-state index in [0.717, 1.165) is 22.8 Å². The maximum Gasteiger partial charge on any atom is 0.336 e. The molecule has 3 aromatic carbocycles. The van der Waals surface area contributed by atoms with Crippen LogP contribution in [0.5, 0.6) is 0 Å². The summed E-state index contributed by atoms with van der Waals surface area (Å²) >= 11 is 0. The van der Waals surface area contributed by atoms with Crippen LogP contribution in [0.25, 0.3) is 21.9 Å². The van der Waals surface area contributed by atoms with Crippen LogP contribution >= 0.6 is 0 Å². The molecule has 0 radical (unpaired) electrons. The normalized spacial score (nSPS) is 12.9. The minimum atomic E-state index is -1.41. The van der Waals surface area contributed by atoms with E-state index in [1.807, 2.05) is 0 Å². The highest BCUT2D eigenvalue weighted by Gasteiger charge is 2.26. The molecule has 43 heavy (non-hydrogen) atoms. The highest BCUT2D eigenvalue weighted by atomic mass is 16.5. The second-order valence-electron chi connectivity index (χ2n) is 11.9. The molecule has 6 nitrogen and oxygen atoms in total. The van der Waals surface area contributed by atoms with Crippen molar-refractivity contribution >= 4 is 22.7 Å². The topological polar surface area (TPSA) is 93.1 Å². The molecule has 2 atom stereocenters. The van der Waals surface area contributed by atoms with Gasteiger partial charge < -0.3 is 19.7 Å². The Hall–Kier alpha value is -3.74. The Labute approximate surface area is 256 Å². The van der Waals surface area contributed by atoms with Gasteiger partial charge in [-0.25, -0.2) is 9.59 Å². The molecule has 0 saturated carbocycles. The van der Waals surface area contributed by atoms with E-state index in [1.54, 1.807) is 0 Å². The number of ether oxygens (including phenoxy) is 2. The van der Waals surface area contributed by atoms with Crippen molar-refractivity contribution in [2.45, 2.75) is 77.9 Å². The fourth-order valence-corrected chi connectivity index (χ4v) is 4.65. The van der Waals surface area contributed by atoms with Crippen LogP contribution in [0.15, 0.2) is 85.0 Å². The van der Waals surface area contributed by atoms with E-state index in [-0.39, 0.29) is 30.3 Å². The van der Waals surface area contributed by atoms with Crippen LogP contribution in [-0.2, 0) is 31.9 Å². The number of aliphatic hydroxyl groups is 2. The molecule has 0 saturated heterocycles. The van der Waals surface area contributed by atoms with Gasteiger partial charge in [-0.15, -0.1) is 0 Å². The third-order valence-electron chi connectivity index (χ3n) is 7.75. The summed E-state index contributed by atoms with van der Waals surface area (Å²) in [6.07, 6.45) is 5.05. The molecule has 0 amide bonds. The number of rotatable bonds is 16. The van der Waals surface area contributed by atoms with Gasteiger partial charge in [0.2, 0.25) is 0 Å².